The Balaban J connectivity index is 0.000000212. The Bertz CT molecular complexity index is 2320. The van der Waals surface area contributed by atoms with Gasteiger partial charge in [-0.3, -0.25) is 0 Å². The number of rotatable bonds is 12. The molecule has 334 valence electrons. The molecule has 2 nitrogen and oxygen atoms in total. The standard InChI is InChI=1S/2C30H33NP.Fe/c2*1-21-15-22(2)18-26(17-21)32(27-19-23(3)16-24(4)20-27)29-14-10-13-28(29)30(31(5)6)25-11-8-7-9-12-25;/h2*7-20,30H,1-6H3;/t2*30-;/m11./s1. The van der Waals surface area contributed by atoms with Gasteiger partial charge in [-0.2, -0.15) is 0 Å². The van der Waals surface area contributed by atoms with E-state index in [1.807, 2.05) is 0 Å². The van der Waals surface area contributed by atoms with Crippen molar-refractivity contribution in [3.8, 4) is 0 Å². The zero-order chi connectivity index (χ0) is 45.7. The molecule has 2 atom stereocenters. The molecule has 2 aliphatic rings. The molecule has 0 amide bonds. The van der Waals surface area contributed by atoms with E-state index in [1.165, 1.54) is 99.3 Å². The third-order valence-corrected chi connectivity index (χ3v) is 16.7. The molecule has 0 aromatic heterocycles. The number of hydrogen-bond donors (Lipinski definition) is 0. The topological polar surface area (TPSA) is 6.48 Å². The molecule has 0 aliphatic heterocycles. The minimum absolute atomic E-state index is 0. The van der Waals surface area contributed by atoms with E-state index in [1.54, 1.807) is 0 Å². The molecule has 5 heteroatoms. The van der Waals surface area contributed by atoms with Crippen LogP contribution in [0.2, 0.25) is 0 Å². The quantitative estimate of drug-likeness (QED) is 0.0891. The van der Waals surface area contributed by atoms with Gasteiger partial charge in [0.25, 0.3) is 0 Å². The zero-order valence-electron chi connectivity index (χ0n) is 40.5. The van der Waals surface area contributed by atoms with Gasteiger partial charge in [-0.1, -0.05) is 214 Å². The number of benzene rings is 6. The smallest absolute Gasteiger partial charge is 0.0493 e. The van der Waals surface area contributed by atoms with E-state index < -0.39 is 15.8 Å². The van der Waals surface area contributed by atoms with Gasteiger partial charge in [-0.15, -0.1) is 0 Å². The van der Waals surface area contributed by atoms with Crippen molar-refractivity contribution in [3.05, 3.63) is 248 Å². The van der Waals surface area contributed by atoms with Crippen LogP contribution in [0.4, 0.5) is 0 Å². The second kappa shape index (κ2) is 22.4. The number of nitrogens with zero attached hydrogens (tertiary/aromatic N) is 2. The van der Waals surface area contributed by atoms with Gasteiger partial charge in [-0.05, 0) is 142 Å². The molecule has 8 rings (SSSR count). The Morgan fingerprint density at radius 2 is 0.600 bits per heavy atom. The third kappa shape index (κ3) is 12.1. The average Bonchev–Trinajstić information content (AvgIpc) is 3.88. The molecular formula is C60H66FeN2P2. The first-order valence-corrected chi connectivity index (χ1v) is 25.2. The average molecular weight is 933 g/mol. The maximum Gasteiger partial charge on any atom is 0.0493 e. The van der Waals surface area contributed by atoms with Crippen LogP contribution in [0.25, 0.3) is 0 Å². The van der Waals surface area contributed by atoms with E-state index >= 15 is 0 Å². The summed E-state index contributed by atoms with van der Waals surface area (Å²) in [4.78, 5) is 4.68. The van der Waals surface area contributed by atoms with Crippen molar-refractivity contribution in [2.24, 2.45) is 0 Å². The van der Waals surface area contributed by atoms with Gasteiger partial charge in [0.2, 0.25) is 0 Å². The second-order valence-electron chi connectivity index (χ2n) is 18.3. The van der Waals surface area contributed by atoms with Crippen LogP contribution in [0.5, 0.6) is 0 Å². The molecule has 0 unspecified atom stereocenters. The van der Waals surface area contributed by atoms with Crippen molar-refractivity contribution in [2.45, 2.75) is 67.5 Å². The molecule has 6 aromatic carbocycles. The summed E-state index contributed by atoms with van der Waals surface area (Å²) in [5.41, 5.74) is 13.3. The van der Waals surface area contributed by atoms with Crippen LogP contribution in [-0.2, 0) is 17.1 Å². The summed E-state index contributed by atoms with van der Waals surface area (Å²) in [6, 6.07) is 50.4. The van der Waals surface area contributed by atoms with Crippen LogP contribution in [0.1, 0.15) is 67.7 Å². The van der Waals surface area contributed by atoms with Crippen LogP contribution in [-0.4, -0.2) is 38.0 Å². The largest absolute Gasteiger partial charge is 0.301 e. The molecule has 0 bridgehead atoms. The number of allylic oxidation sites excluding steroid dienone is 4. The molecule has 2 radical (unpaired) electrons. The van der Waals surface area contributed by atoms with E-state index in [2.05, 4.69) is 263 Å². The van der Waals surface area contributed by atoms with Crippen LogP contribution >= 0.6 is 15.8 Å². The minimum atomic E-state index is -0.669. The summed E-state index contributed by atoms with van der Waals surface area (Å²) in [5, 5.41) is 8.64. The Morgan fingerprint density at radius 3 is 0.831 bits per heavy atom. The van der Waals surface area contributed by atoms with Crippen LogP contribution in [0.15, 0.2) is 181 Å². The Kier molecular flexibility index (Phi) is 17.2. The monoisotopic (exact) mass is 932 g/mol. The van der Waals surface area contributed by atoms with Gasteiger partial charge >= 0.3 is 0 Å². The molecule has 6 aromatic rings. The molecule has 0 saturated heterocycles. The molecule has 0 N–H and O–H groups in total. The predicted molar refractivity (Wildman–Crippen MR) is 283 cm³/mol. The first-order valence-electron chi connectivity index (χ1n) is 22.5. The summed E-state index contributed by atoms with van der Waals surface area (Å²) < 4.78 is 0. The van der Waals surface area contributed by atoms with Crippen molar-refractivity contribution in [2.75, 3.05) is 28.2 Å². The van der Waals surface area contributed by atoms with Crippen molar-refractivity contribution in [1.82, 2.24) is 9.80 Å². The Morgan fingerprint density at radius 1 is 0.354 bits per heavy atom. The summed E-state index contributed by atoms with van der Waals surface area (Å²) in [7, 11) is 7.40. The van der Waals surface area contributed by atoms with Gasteiger partial charge < -0.3 is 9.80 Å². The Hall–Kier alpha value is -4.42. The fourth-order valence-electron chi connectivity index (χ4n) is 9.67. The van der Waals surface area contributed by atoms with Crippen LogP contribution in [0, 0.1) is 67.2 Å². The first kappa shape index (κ1) is 50.0. The van der Waals surface area contributed by atoms with E-state index in [0.717, 1.165) is 0 Å². The molecular weight excluding hydrogens is 866 g/mol. The SMILES string of the molecule is Cc1cc(C)cc(P(C2=CC=C[C]2[C@@H](c2ccccc2)N(C)C)c2cc(C)cc(C)c2)c1.Cc1cc(C)cc(P(C2=CC=C[C]2[C@@H](c2ccccc2)N(C)C)c2cc(C)cc(C)c2)c1.[Fe]. The van der Waals surface area contributed by atoms with E-state index in [9.17, 15) is 0 Å². The molecule has 0 spiro atoms. The fourth-order valence-corrected chi connectivity index (χ4v) is 15.4. The van der Waals surface area contributed by atoms with Gasteiger partial charge in [0, 0.05) is 41.0 Å². The molecule has 0 heterocycles. The van der Waals surface area contributed by atoms with E-state index in [0.29, 0.717) is 0 Å². The molecule has 65 heavy (non-hydrogen) atoms. The van der Waals surface area contributed by atoms with Gasteiger partial charge in [0.05, 0.1) is 0 Å². The fraction of sp³-hybridized carbons (Fsp3) is 0.233. The summed E-state index contributed by atoms with van der Waals surface area (Å²) >= 11 is 0. The van der Waals surface area contributed by atoms with Crippen LogP contribution in [0.3, 0.4) is 0 Å². The third-order valence-electron chi connectivity index (χ3n) is 11.8. The van der Waals surface area contributed by atoms with Crippen molar-refractivity contribution in [3.63, 3.8) is 0 Å². The molecule has 0 fully saturated rings. The van der Waals surface area contributed by atoms with Crippen LogP contribution < -0.4 is 21.2 Å². The second-order valence-corrected chi connectivity index (χ2v) is 22.7. The van der Waals surface area contributed by atoms with E-state index in [4.69, 9.17) is 0 Å². The van der Waals surface area contributed by atoms with Gasteiger partial charge in [0.15, 0.2) is 0 Å². The predicted octanol–water partition coefficient (Wildman–Crippen LogP) is 13.4. The summed E-state index contributed by atoms with van der Waals surface area (Å²) in [5.74, 6) is 2.82. The van der Waals surface area contributed by atoms with Crippen molar-refractivity contribution >= 4 is 37.1 Å². The minimum Gasteiger partial charge on any atom is -0.301 e. The summed E-state index contributed by atoms with van der Waals surface area (Å²) in [6.45, 7) is 17.7. The van der Waals surface area contributed by atoms with Gasteiger partial charge in [0.1, 0.15) is 0 Å². The molecule has 0 saturated carbocycles. The number of hydrogen-bond acceptors (Lipinski definition) is 2. The van der Waals surface area contributed by atoms with E-state index in [-0.39, 0.29) is 29.2 Å². The number of aryl methyl sites for hydroxylation is 8. The first-order chi connectivity index (χ1) is 30.7. The Labute approximate surface area is 405 Å². The zero-order valence-corrected chi connectivity index (χ0v) is 43.4. The molecule has 2 aliphatic carbocycles. The maximum atomic E-state index is 2.39. The summed E-state index contributed by atoms with van der Waals surface area (Å²) in [6.07, 6.45) is 13.8. The van der Waals surface area contributed by atoms with Crippen molar-refractivity contribution in [1.29, 1.82) is 0 Å². The maximum absolute atomic E-state index is 2.39. The normalized spacial score (nSPS) is 14.7. The van der Waals surface area contributed by atoms with Crippen molar-refractivity contribution < 1.29 is 17.1 Å². The van der Waals surface area contributed by atoms with Gasteiger partial charge in [-0.25, -0.2) is 0 Å².